The standard InChI is InChI=1S/C9H14N2O/c10-4-1-5-11-6-9(12,7-11)8-2-3-8/h8,12H,1-3,5-7H2. The van der Waals surface area contributed by atoms with Crippen molar-refractivity contribution in [2.75, 3.05) is 19.6 Å². The maximum atomic E-state index is 9.89. The molecule has 1 aliphatic heterocycles. The van der Waals surface area contributed by atoms with Crippen molar-refractivity contribution < 1.29 is 5.11 Å². The number of nitrogens with zero attached hydrogens (tertiary/aromatic N) is 2. The molecule has 66 valence electrons. The Morgan fingerprint density at radius 1 is 1.50 bits per heavy atom. The van der Waals surface area contributed by atoms with Gasteiger partial charge in [-0.1, -0.05) is 0 Å². The molecule has 12 heavy (non-hydrogen) atoms. The molecular formula is C9H14N2O. The van der Waals surface area contributed by atoms with Gasteiger partial charge in [-0.05, 0) is 18.8 Å². The third kappa shape index (κ3) is 1.33. The van der Waals surface area contributed by atoms with Gasteiger partial charge >= 0.3 is 0 Å². The first-order valence-corrected chi connectivity index (χ1v) is 4.56. The molecule has 0 radical (unpaired) electrons. The second-order valence-electron chi connectivity index (χ2n) is 4.00. The largest absolute Gasteiger partial charge is 0.387 e. The summed E-state index contributed by atoms with van der Waals surface area (Å²) in [6.07, 6.45) is 2.98. The van der Waals surface area contributed by atoms with Crippen LogP contribution in [0.3, 0.4) is 0 Å². The van der Waals surface area contributed by atoms with Crippen LogP contribution in [0.5, 0.6) is 0 Å². The summed E-state index contributed by atoms with van der Waals surface area (Å²) in [5.74, 6) is 0.566. The summed E-state index contributed by atoms with van der Waals surface area (Å²) >= 11 is 0. The number of rotatable bonds is 3. The molecule has 0 aromatic heterocycles. The van der Waals surface area contributed by atoms with Crippen LogP contribution in [0.2, 0.25) is 0 Å². The quantitative estimate of drug-likeness (QED) is 0.658. The molecule has 0 aromatic rings. The van der Waals surface area contributed by atoms with Crippen LogP contribution < -0.4 is 0 Å². The van der Waals surface area contributed by atoms with Crippen LogP contribution >= 0.6 is 0 Å². The molecule has 1 saturated heterocycles. The molecule has 0 amide bonds. The molecule has 1 saturated carbocycles. The normalized spacial score (nSPS) is 27.7. The van der Waals surface area contributed by atoms with Crippen molar-refractivity contribution in [1.82, 2.24) is 4.90 Å². The highest BCUT2D eigenvalue weighted by Crippen LogP contribution is 2.44. The Kier molecular flexibility index (Phi) is 1.82. The van der Waals surface area contributed by atoms with Crippen molar-refractivity contribution in [2.45, 2.75) is 24.9 Å². The van der Waals surface area contributed by atoms with Crippen LogP contribution in [0.15, 0.2) is 0 Å². The zero-order valence-corrected chi connectivity index (χ0v) is 7.16. The smallest absolute Gasteiger partial charge is 0.0928 e. The monoisotopic (exact) mass is 166 g/mol. The van der Waals surface area contributed by atoms with Gasteiger partial charge in [0.15, 0.2) is 0 Å². The molecule has 2 fully saturated rings. The number of likely N-dealkylation sites (tertiary alicyclic amines) is 1. The Morgan fingerprint density at radius 2 is 2.17 bits per heavy atom. The predicted molar refractivity (Wildman–Crippen MR) is 44.3 cm³/mol. The molecule has 0 spiro atoms. The molecule has 3 nitrogen and oxygen atoms in total. The molecule has 0 bridgehead atoms. The summed E-state index contributed by atoms with van der Waals surface area (Å²) in [5.41, 5.74) is -0.380. The Balaban J connectivity index is 1.72. The van der Waals surface area contributed by atoms with E-state index in [1.54, 1.807) is 0 Å². The van der Waals surface area contributed by atoms with E-state index in [0.717, 1.165) is 19.6 Å². The van der Waals surface area contributed by atoms with E-state index < -0.39 is 0 Å². The van der Waals surface area contributed by atoms with E-state index in [2.05, 4.69) is 11.0 Å². The molecule has 0 aromatic carbocycles. The first-order chi connectivity index (χ1) is 5.74. The number of β-amino-alcohol motifs (C(OH)–C–C–N with tert-alkyl or cyclic N) is 1. The summed E-state index contributed by atoms with van der Waals surface area (Å²) in [6, 6.07) is 2.12. The Hall–Kier alpha value is -0.590. The molecule has 1 N–H and O–H groups in total. The van der Waals surface area contributed by atoms with Crippen LogP contribution in [0.1, 0.15) is 19.3 Å². The summed E-state index contributed by atoms with van der Waals surface area (Å²) < 4.78 is 0. The Bertz CT molecular complexity index is 211. The molecule has 2 rings (SSSR count). The lowest BCUT2D eigenvalue weighted by molar-refractivity contribution is -0.112. The summed E-state index contributed by atoms with van der Waals surface area (Å²) in [5, 5.41) is 18.2. The van der Waals surface area contributed by atoms with Gasteiger partial charge in [-0.15, -0.1) is 0 Å². The van der Waals surface area contributed by atoms with Crippen LogP contribution in [0.4, 0.5) is 0 Å². The highest BCUT2D eigenvalue weighted by atomic mass is 16.3. The van der Waals surface area contributed by atoms with Crippen LogP contribution in [-0.4, -0.2) is 35.2 Å². The lowest BCUT2D eigenvalue weighted by Crippen LogP contribution is -2.63. The van der Waals surface area contributed by atoms with Gasteiger partial charge in [0, 0.05) is 26.1 Å². The fourth-order valence-corrected chi connectivity index (χ4v) is 1.97. The minimum Gasteiger partial charge on any atom is -0.387 e. The first kappa shape index (κ1) is 8.03. The average molecular weight is 166 g/mol. The zero-order valence-electron chi connectivity index (χ0n) is 7.16. The third-order valence-corrected chi connectivity index (χ3v) is 2.87. The fourth-order valence-electron chi connectivity index (χ4n) is 1.97. The molecule has 1 heterocycles. The highest BCUT2D eigenvalue weighted by molar-refractivity contribution is 5.05. The number of nitriles is 1. The van der Waals surface area contributed by atoms with E-state index in [0.29, 0.717) is 12.3 Å². The fraction of sp³-hybridized carbons (Fsp3) is 0.889. The topological polar surface area (TPSA) is 47.3 Å². The van der Waals surface area contributed by atoms with E-state index in [4.69, 9.17) is 5.26 Å². The molecule has 3 heteroatoms. The number of hydrogen-bond acceptors (Lipinski definition) is 3. The minimum absolute atomic E-state index is 0.380. The van der Waals surface area contributed by atoms with Crippen molar-refractivity contribution in [3.63, 3.8) is 0 Å². The van der Waals surface area contributed by atoms with Crippen molar-refractivity contribution in [1.29, 1.82) is 5.26 Å². The first-order valence-electron chi connectivity index (χ1n) is 4.56. The van der Waals surface area contributed by atoms with Crippen LogP contribution in [0, 0.1) is 17.2 Å². The van der Waals surface area contributed by atoms with Gasteiger partial charge in [-0.3, -0.25) is 4.90 Å². The second-order valence-corrected chi connectivity index (χ2v) is 4.00. The van der Waals surface area contributed by atoms with E-state index in [1.165, 1.54) is 12.8 Å². The van der Waals surface area contributed by atoms with E-state index in [9.17, 15) is 5.11 Å². The van der Waals surface area contributed by atoms with Gasteiger partial charge < -0.3 is 5.11 Å². The molecule has 0 unspecified atom stereocenters. The predicted octanol–water partition coefficient (Wildman–Crippen LogP) is 0.357. The molecule has 1 aliphatic carbocycles. The zero-order chi connectivity index (χ0) is 8.60. The van der Waals surface area contributed by atoms with Crippen molar-refractivity contribution in [3.8, 4) is 6.07 Å². The van der Waals surface area contributed by atoms with Crippen molar-refractivity contribution in [3.05, 3.63) is 0 Å². The summed E-state index contributed by atoms with van der Waals surface area (Å²) in [6.45, 7) is 2.41. The molecule has 2 aliphatic rings. The van der Waals surface area contributed by atoms with Crippen molar-refractivity contribution >= 4 is 0 Å². The lowest BCUT2D eigenvalue weighted by atomic mass is 9.89. The third-order valence-electron chi connectivity index (χ3n) is 2.87. The second kappa shape index (κ2) is 2.72. The van der Waals surface area contributed by atoms with Gasteiger partial charge in [0.05, 0.1) is 11.7 Å². The lowest BCUT2D eigenvalue weighted by Gasteiger charge is -2.46. The van der Waals surface area contributed by atoms with E-state index in [1.807, 2.05) is 0 Å². The van der Waals surface area contributed by atoms with Gasteiger partial charge in [0.1, 0.15) is 0 Å². The van der Waals surface area contributed by atoms with Crippen LogP contribution in [-0.2, 0) is 0 Å². The maximum absolute atomic E-state index is 9.89. The Morgan fingerprint density at radius 3 is 2.67 bits per heavy atom. The van der Waals surface area contributed by atoms with Gasteiger partial charge in [-0.2, -0.15) is 5.26 Å². The van der Waals surface area contributed by atoms with E-state index in [-0.39, 0.29) is 5.60 Å². The highest BCUT2D eigenvalue weighted by Gasteiger charge is 2.51. The van der Waals surface area contributed by atoms with E-state index >= 15 is 0 Å². The van der Waals surface area contributed by atoms with Crippen molar-refractivity contribution in [2.24, 2.45) is 5.92 Å². The average Bonchev–Trinajstić information content (AvgIpc) is 2.77. The van der Waals surface area contributed by atoms with Gasteiger partial charge in [-0.25, -0.2) is 0 Å². The summed E-state index contributed by atoms with van der Waals surface area (Å²) in [4.78, 5) is 2.15. The number of hydrogen-bond donors (Lipinski definition) is 1. The van der Waals surface area contributed by atoms with Gasteiger partial charge in [0.2, 0.25) is 0 Å². The minimum atomic E-state index is -0.380. The molecular weight excluding hydrogens is 152 g/mol. The van der Waals surface area contributed by atoms with Crippen LogP contribution in [0.25, 0.3) is 0 Å². The SMILES string of the molecule is N#CCCN1CC(O)(C2CC2)C1. The Labute approximate surface area is 72.6 Å². The molecule has 0 atom stereocenters. The summed E-state index contributed by atoms with van der Waals surface area (Å²) in [7, 11) is 0. The number of aliphatic hydroxyl groups is 1. The maximum Gasteiger partial charge on any atom is 0.0928 e. The van der Waals surface area contributed by atoms with Gasteiger partial charge in [0.25, 0.3) is 0 Å².